The van der Waals surface area contributed by atoms with Gasteiger partial charge in [0.25, 0.3) is 5.91 Å². The van der Waals surface area contributed by atoms with Crippen molar-refractivity contribution in [1.29, 1.82) is 0 Å². The molecule has 6 nitrogen and oxygen atoms in total. The predicted molar refractivity (Wildman–Crippen MR) is 85.1 cm³/mol. The van der Waals surface area contributed by atoms with Crippen LogP contribution in [0, 0.1) is 0 Å². The zero-order valence-electron chi connectivity index (χ0n) is 11.8. The number of oxazole rings is 1. The van der Waals surface area contributed by atoms with Crippen molar-refractivity contribution in [3.63, 3.8) is 0 Å². The van der Waals surface area contributed by atoms with E-state index in [0.717, 1.165) is 6.42 Å². The van der Waals surface area contributed by atoms with Crippen molar-refractivity contribution >= 4 is 38.6 Å². The highest BCUT2D eigenvalue weighted by Gasteiger charge is 2.13. The van der Waals surface area contributed by atoms with E-state index in [1.165, 1.54) is 0 Å². The van der Waals surface area contributed by atoms with Gasteiger partial charge in [-0.2, -0.15) is 0 Å². The summed E-state index contributed by atoms with van der Waals surface area (Å²) in [7, 11) is 0. The van der Waals surface area contributed by atoms with Crippen LogP contribution in [0.5, 0.6) is 0 Å². The second kappa shape index (κ2) is 5.84. The van der Waals surface area contributed by atoms with Crippen molar-refractivity contribution in [2.24, 2.45) is 0 Å². The number of aryl methyl sites for hydroxylation is 1. The van der Waals surface area contributed by atoms with Crippen LogP contribution in [-0.4, -0.2) is 10.5 Å². The summed E-state index contributed by atoms with van der Waals surface area (Å²) in [4.78, 5) is 23.8. The van der Waals surface area contributed by atoms with Gasteiger partial charge in [0.05, 0.1) is 5.52 Å². The molecule has 1 N–H and O–H groups in total. The van der Waals surface area contributed by atoms with Gasteiger partial charge in [0.2, 0.25) is 0 Å². The molecule has 2 aromatic heterocycles. The number of hydrogen-bond donors (Lipinski definition) is 1. The van der Waals surface area contributed by atoms with Crippen molar-refractivity contribution in [1.82, 2.24) is 4.57 Å². The van der Waals surface area contributed by atoms with Crippen LogP contribution in [0.25, 0.3) is 11.1 Å². The average Bonchev–Trinajstić information content (AvgIpc) is 3.04. The summed E-state index contributed by atoms with van der Waals surface area (Å²) in [6, 6.07) is 8.31. The van der Waals surface area contributed by atoms with Gasteiger partial charge in [0, 0.05) is 18.3 Å². The van der Waals surface area contributed by atoms with E-state index in [-0.39, 0.29) is 11.7 Å². The minimum absolute atomic E-state index is 0.192. The lowest BCUT2D eigenvalue weighted by Gasteiger charge is -2.03. The maximum absolute atomic E-state index is 12.0. The first-order valence-electron chi connectivity index (χ1n) is 6.78. The molecule has 1 amide bonds. The Hall–Kier alpha value is -2.28. The van der Waals surface area contributed by atoms with Gasteiger partial charge in [0.15, 0.2) is 16.0 Å². The van der Waals surface area contributed by atoms with E-state index in [4.69, 9.17) is 8.83 Å². The Morgan fingerprint density at radius 2 is 2.09 bits per heavy atom. The minimum atomic E-state index is -0.393. The molecule has 3 rings (SSSR count). The molecule has 0 unspecified atom stereocenters. The molecule has 0 aliphatic heterocycles. The number of carbonyl (C=O) groups is 1. The summed E-state index contributed by atoms with van der Waals surface area (Å²) < 4.78 is 12.5. The highest BCUT2D eigenvalue weighted by atomic mass is 79.9. The number of benzene rings is 1. The van der Waals surface area contributed by atoms with Crippen LogP contribution in [0.4, 0.5) is 5.69 Å². The third-order valence-electron chi connectivity index (χ3n) is 3.17. The first-order chi connectivity index (χ1) is 10.6. The predicted octanol–water partition coefficient (Wildman–Crippen LogP) is 3.61. The highest BCUT2D eigenvalue weighted by molar-refractivity contribution is 9.10. The van der Waals surface area contributed by atoms with E-state index in [0.29, 0.717) is 28.0 Å². The van der Waals surface area contributed by atoms with Crippen molar-refractivity contribution < 1.29 is 13.6 Å². The molecular formula is C15H13BrN2O4. The number of carbonyl (C=O) groups excluding carboxylic acids is 1. The lowest BCUT2D eigenvalue weighted by molar-refractivity contribution is 0.0995. The van der Waals surface area contributed by atoms with E-state index < -0.39 is 5.76 Å². The van der Waals surface area contributed by atoms with E-state index >= 15 is 0 Å². The standard InChI is InChI=1S/C15H13BrN2O4/c1-2-7-18-10-4-3-9(8-12(10)22-15(18)20)17-14(19)11-5-6-13(16)21-11/h3-6,8H,2,7H2,1H3,(H,17,19). The van der Waals surface area contributed by atoms with Crippen LogP contribution >= 0.6 is 15.9 Å². The number of amides is 1. The van der Waals surface area contributed by atoms with Crippen LogP contribution in [0.15, 0.2) is 48.6 Å². The lowest BCUT2D eigenvalue weighted by Crippen LogP contribution is -2.13. The van der Waals surface area contributed by atoms with Gasteiger partial charge in [-0.15, -0.1) is 0 Å². The largest absolute Gasteiger partial charge is 0.444 e. The van der Waals surface area contributed by atoms with Gasteiger partial charge in [-0.1, -0.05) is 6.92 Å². The van der Waals surface area contributed by atoms with E-state index in [1.807, 2.05) is 6.92 Å². The number of anilines is 1. The topological polar surface area (TPSA) is 77.4 Å². The molecular weight excluding hydrogens is 352 g/mol. The Morgan fingerprint density at radius 1 is 1.27 bits per heavy atom. The Balaban J connectivity index is 1.89. The smallest absolute Gasteiger partial charge is 0.419 e. The number of rotatable bonds is 4. The Bertz CT molecular complexity index is 890. The fourth-order valence-corrected chi connectivity index (χ4v) is 2.52. The van der Waals surface area contributed by atoms with Crippen molar-refractivity contribution in [3.8, 4) is 0 Å². The first kappa shape index (κ1) is 14.6. The van der Waals surface area contributed by atoms with Crippen molar-refractivity contribution in [2.45, 2.75) is 19.9 Å². The molecule has 3 aromatic rings. The number of nitrogens with one attached hydrogen (secondary N) is 1. The second-order valence-electron chi connectivity index (χ2n) is 4.76. The van der Waals surface area contributed by atoms with Crippen molar-refractivity contribution in [2.75, 3.05) is 5.32 Å². The van der Waals surface area contributed by atoms with Crippen LogP contribution in [0.3, 0.4) is 0 Å². The van der Waals surface area contributed by atoms with E-state index in [9.17, 15) is 9.59 Å². The zero-order chi connectivity index (χ0) is 15.7. The fourth-order valence-electron chi connectivity index (χ4n) is 2.21. The SMILES string of the molecule is CCCn1c(=O)oc2cc(NC(=O)c3ccc(Br)o3)ccc21. The number of hydrogen-bond acceptors (Lipinski definition) is 4. The van der Waals surface area contributed by atoms with Gasteiger partial charge in [-0.3, -0.25) is 9.36 Å². The molecule has 0 saturated heterocycles. The fraction of sp³-hybridized carbons (Fsp3) is 0.200. The molecule has 0 atom stereocenters. The molecule has 0 bridgehead atoms. The highest BCUT2D eigenvalue weighted by Crippen LogP contribution is 2.20. The molecule has 0 fully saturated rings. The maximum atomic E-state index is 12.0. The minimum Gasteiger partial charge on any atom is -0.444 e. The molecule has 2 heterocycles. The molecule has 1 aromatic carbocycles. The van der Waals surface area contributed by atoms with E-state index in [1.54, 1.807) is 34.9 Å². The lowest BCUT2D eigenvalue weighted by atomic mass is 10.2. The van der Waals surface area contributed by atoms with E-state index in [2.05, 4.69) is 21.2 Å². The Morgan fingerprint density at radius 3 is 2.77 bits per heavy atom. The van der Waals surface area contributed by atoms with Crippen LogP contribution in [0.2, 0.25) is 0 Å². The molecule has 0 spiro atoms. The maximum Gasteiger partial charge on any atom is 0.419 e. The molecule has 0 aliphatic rings. The normalized spacial score (nSPS) is 11.0. The number of aromatic nitrogens is 1. The average molecular weight is 365 g/mol. The van der Waals surface area contributed by atoms with Gasteiger partial charge >= 0.3 is 5.76 Å². The van der Waals surface area contributed by atoms with Gasteiger partial charge < -0.3 is 14.2 Å². The molecule has 0 radical (unpaired) electrons. The van der Waals surface area contributed by atoms with Gasteiger partial charge in [0.1, 0.15) is 0 Å². The molecule has 114 valence electrons. The van der Waals surface area contributed by atoms with Crippen LogP contribution < -0.4 is 11.1 Å². The Kier molecular flexibility index (Phi) is 3.89. The summed E-state index contributed by atoms with van der Waals surface area (Å²) >= 11 is 3.14. The monoisotopic (exact) mass is 364 g/mol. The number of furan rings is 1. The molecule has 0 aliphatic carbocycles. The van der Waals surface area contributed by atoms with Crippen LogP contribution in [0.1, 0.15) is 23.9 Å². The number of nitrogens with zero attached hydrogens (tertiary/aromatic N) is 1. The summed E-state index contributed by atoms with van der Waals surface area (Å²) in [6.45, 7) is 2.58. The third kappa shape index (κ3) is 2.71. The number of fused-ring (bicyclic) bond motifs is 1. The molecule has 7 heteroatoms. The summed E-state index contributed by atoms with van der Waals surface area (Å²) in [6.07, 6.45) is 0.834. The third-order valence-corrected chi connectivity index (χ3v) is 3.60. The molecule has 0 saturated carbocycles. The van der Waals surface area contributed by atoms with Gasteiger partial charge in [-0.25, -0.2) is 4.79 Å². The number of halogens is 1. The summed E-state index contributed by atoms with van der Waals surface area (Å²) in [5.41, 5.74) is 1.69. The first-order valence-corrected chi connectivity index (χ1v) is 7.58. The quantitative estimate of drug-likeness (QED) is 0.766. The summed E-state index contributed by atoms with van der Waals surface area (Å²) in [5.74, 6) is -0.576. The van der Waals surface area contributed by atoms with Crippen molar-refractivity contribution in [3.05, 3.63) is 51.3 Å². The molecule has 22 heavy (non-hydrogen) atoms. The van der Waals surface area contributed by atoms with Crippen LogP contribution in [-0.2, 0) is 6.54 Å². The second-order valence-corrected chi connectivity index (χ2v) is 5.54. The zero-order valence-corrected chi connectivity index (χ0v) is 13.3. The summed E-state index contributed by atoms with van der Waals surface area (Å²) in [5, 5.41) is 2.70. The van der Waals surface area contributed by atoms with Gasteiger partial charge in [-0.05, 0) is 46.6 Å². The Labute approximate surface area is 133 Å².